The second kappa shape index (κ2) is 12.5. The Labute approximate surface area is 240 Å². The molecule has 2 heterocycles. The normalized spacial score (nSPS) is 11.3. The zero-order valence-electron chi connectivity index (χ0n) is 21.3. The highest BCUT2D eigenvalue weighted by Crippen LogP contribution is 2.33. The van der Waals surface area contributed by atoms with Crippen LogP contribution in [-0.4, -0.2) is 53.8 Å². The minimum atomic E-state index is -3.38. The summed E-state index contributed by atoms with van der Waals surface area (Å²) in [5.74, 6) is 0.637. The van der Waals surface area contributed by atoms with Gasteiger partial charge >= 0.3 is 5.97 Å². The molecule has 0 saturated carbocycles. The van der Waals surface area contributed by atoms with E-state index in [2.05, 4.69) is 35.6 Å². The van der Waals surface area contributed by atoms with Gasteiger partial charge in [0.15, 0.2) is 17.4 Å². The lowest BCUT2D eigenvalue weighted by Crippen LogP contribution is -2.28. The van der Waals surface area contributed by atoms with Crippen molar-refractivity contribution in [3.63, 3.8) is 0 Å². The zero-order chi connectivity index (χ0) is 28.9. The molecule has 0 spiro atoms. The molecule has 0 saturated heterocycles. The van der Waals surface area contributed by atoms with Crippen molar-refractivity contribution in [3.8, 4) is 11.3 Å². The minimum Gasteiger partial charge on any atom is -0.478 e. The van der Waals surface area contributed by atoms with E-state index in [1.165, 1.54) is 12.3 Å². The Morgan fingerprint density at radius 3 is 2.55 bits per heavy atom. The van der Waals surface area contributed by atoms with Gasteiger partial charge in [0, 0.05) is 23.7 Å². The number of aromatic carboxylic acids is 1. The van der Waals surface area contributed by atoms with Crippen molar-refractivity contribution in [2.45, 2.75) is 13.5 Å². The number of carbonyl (C=O) groups is 1. The van der Waals surface area contributed by atoms with Crippen LogP contribution >= 0.6 is 23.2 Å². The monoisotopic (exact) mass is 605 g/mol. The third-order valence-corrected chi connectivity index (χ3v) is 6.67. The standard InChI is InChI=1S/C25H25Cl2N7O5S/c1-14-32-23(28-9-10-31-40(2,37)38)22(24(33-14)34-19-6-4-3-5-16(19)25(35)36)30-13-21-29-12-20(39-21)17-11-15(26)7-8-18(17)27/h3-8,11-12,30-31H,9-10,13H2,1-2H3,(H,35,36)(H2,28,32,33,34). The second-order valence-electron chi connectivity index (χ2n) is 8.51. The Morgan fingerprint density at radius 2 is 1.80 bits per heavy atom. The van der Waals surface area contributed by atoms with E-state index in [4.69, 9.17) is 27.6 Å². The highest BCUT2D eigenvalue weighted by atomic mass is 35.5. The van der Waals surface area contributed by atoms with E-state index in [0.717, 1.165) is 6.26 Å². The van der Waals surface area contributed by atoms with E-state index >= 15 is 0 Å². The third-order valence-electron chi connectivity index (χ3n) is 5.38. The van der Waals surface area contributed by atoms with Gasteiger partial charge in [-0.1, -0.05) is 35.3 Å². The zero-order valence-corrected chi connectivity index (χ0v) is 23.7. The first-order valence-electron chi connectivity index (χ1n) is 11.8. The summed E-state index contributed by atoms with van der Waals surface area (Å²) >= 11 is 12.4. The number of halogens is 2. The summed E-state index contributed by atoms with van der Waals surface area (Å²) in [5, 5.41) is 19.9. The molecule has 4 rings (SSSR count). The predicted molar refractivity (Wildman–Crippen MR) is 154 cm³/mol. The lowest BCUT2D eigenvalue weighted by atomic mass is 10.2. The molecule has 2 aromatic carbocycles. The van der Waals surface area contributed by atoms with Crippen LogP contribution in [0.25, 0.3) is 11.3 Å². The third kappa shape index (κ3) is 7.60. The quantitative estimate of drug-likeness (QED) is 0.141. The van der Waals surface area contributed by atoms with E-state index < -0.39 is 16.0 Å². The average molecular weight is 606 g/mol. The molecule has 0 aliphatic rings. The van der Waals surface area contributed by atoms with Crippen LogP contribution in [0, 0.1) is 6.92 Å². The van der Waals surface area contributed by atoms with Gasteiger partial charge in [0.25, 0.3) is 0 Å². The molecule has 4 aromatic rings. The second-order valence-corrected chi connectivity index (χ2v) is 11.2. The fraction of sp³-hybridized carbons (Fsp3) is 0.200. The van der Waals surface area contributed by atoms with Crippen molar-refractivity contribution in [3.05, 3.63) is 76.0 Å². The van der Waals surface area contributed by atoms with E-state index in [9.17, 15) is 18.3 Å². The minimum absolute atomic E-state index is 0.0484. The number of carboxylic acids is 1. The van der Waals surface area contributed by atoms with Gasteiger partial charge < -0.3 is 25.5 Å². The fourth-order valence-corrected chi connectivity index (χ4v) is 4.50. The van der Waals surface area contributed by atoms with Gasteiger partial charge in [-0.15, -0.1) is 0 Å². The first kappa shape index (κ1) is 29.1. The molecule has 0 unspecified atom stereocenters. The number of hydrogen-bond acceptors (Lipinski definition) is 10. The van der Waals surface area contributed by atoms with Crippen molar-refractivity contribution < 1.29 is 22.7 Å². The molecule has 40 heavy (non-hydrogen) atoms. The maximum absolute atomic E-state index is 11.8. The van der Waals surface area contributed by atoms with Gasteiger partial charge in [-0.25, -0.2) is 32.9 Å². The molecule has 0 radical (unpaired) electrons. The molecule has 0 amide bonds. The van der Waals surface area contributed by atoms with Gasteiger partial charge in [-0.2, -0.15) is 0 Å². The molecule has 210 valence electrons. The molecule has 15 heteroatoms. The first-order valence-corrected chi connectivity index (χ1v) is 14.5. The number of aromatic nitrogens is 3. The van der Waals surface area contributed by atoms with E-state index in [0.29, 0.717) is 50.3 Å². The van der Waals surface area contributed by atoms with Gasteiger partial charge in [-0.3, -0.25) is 0 Å². The van der Waals surface area contributed by atoms with Crippen molar-refractivity contribution in [2.75, 3.05) is 35.3 Å². The number of aryl methyl sites for hydroxylation is 1. The molecule has 2 aromatic heterocycles. The maximum atomic E-state index is 11.8. The summed E-state index contributed by atoms with van der Waals surface area (Å²) in [7, 11) is -3.38. The molecule has 0 bridgehead atoms. The Bertz CT molecular complexity index is 1650. The Hall–Kier alpha value is -3.91. The smallest absolute Gasteiger partial charge is 0.337 e. The topological polar surface area (TPSA) is 171 Å². The number of sulfonamides is 1. The van der Waals surface area contributed by atoms with Crippen LogP contribution in [0.1, 0.15) is 22.1 Å². The van der Waals surface area contributed by atoms with Crippen molar-refractivity contribution in [1.82, 2.24) is 19.7 Å². The van der Waals surface area contributed by atoms with Crippen LogP contribution in [0.15, 0.2) is 53.1 Å². The van der Waals surface area contributed by atoms with E-state index in [-0.39, 0.29) is 31.0 Å². The average Bonchev–Trinajstić information content (AvgIpc) is 3.36. The van der Waals surface area contributed by atoms with Crippen LogP contribution in [0.5, 0.6) is 0 Å². The fourth-order valence-electron chi connectivity index (χ4n) is 3.65. The van der Waals surface area contributed by atoms with Gasteiger partial charge in [0.05, 0.1) is 35.3 Å². The summed E-state index contributed by atoms with van der Waals surface area (Å²) < 4.78 is 31.2. The molecule has 0 aliphatic heterocycles. The van der Waals surface area contributed by atoms with Crippen molar-refractivity contribution >= 4 is 62.2 Å². The largest absolute Gasteiger partial charge is 0.478 e. The van der Waals surface area contributed by atoms with Crippen molar-refractivity contribution in [1.29, 1.82) is 0 Å². The Morgan fingerprint density at radius 1 is 1.05 bits per heavy atom. The highest BCUT2D eigenvalue weighted by Gasteiger charge is 2.18. The van der Waals surface area contributed by atoms with Crippen LogP contribution in [0.4, 0.5) is 23.0 Å². The van der Waals surface area contributed by atoms with Crippen LogP contribution < -0.4 is 20.7 Å². The van der Waals surface area contributed by atoms with E-state index in [1.54, 1.807) is 43.3 Å². The number of nitrogens with one attached hydrogen (secondary N) is 4. The molecule has 0 atom stereocenters. The molecular weight excluding hydrogens is 581 g/mol. The van der Waals surface area contributed by atoms with Gasteiger partial charge in [-0.05, 0) is 37.3 Å². The van der Waals surface area contributed by atoms with Crippen LogP contribution in [0.3, 0.4) is 0 Å². The maximum Gasteiger partial charge on any atom is 0.337 e. The number of hydrogen-bond donors (Lipinski definition) is 5. The predicted octanol–water partition coefficient (Wildman–Crippen LogP) is 4.76. The van der Waals surface area contributed by atoms with Crippen LogP contribution in [0.2, 0.25) is 10.0 Å². The highest BCUT2D eigenvalue weighted by molar-refractivity contribution is 7.88. The van der Waals surface area contributed by atoms with Gasteiger partial charge in [0.1, 0.15) is 11.5 Å². The number of benzene rings is 2. The Balaban J connectivity index is 1.64. The molecular formula is C25H25Cl2N7O5S. The number of para-hydroxylation sites is 1. The Kier molecular flexibility index (Phi) is 9.10. The summed E-state index contributed by atoms with van der Waals surface area (Å²) in [5.41, 5.74) is 1.33. The number of anilines is 4. The summed E-state index contributed by atoms with van der Waals surface area (Å²) in [6.07, 6.45) is 2.59. The van der Waals surface area contributed by atoms with Gasteiger partial charge in [0.2, 0.25) is 15.9 Å². The first-order chi connectivity index (χ1) is 19.0. The molecule has 0 fully saturated rings. The number of nitrogens with zero attached hydrogens (tertiary/aromatic N) is 3. The number of carboxylic acid groups (broad SMARTS) is 1. The summed E-state index contributed by atoms with van der Waals surface area (Å²) in [6.45, 7) is 2.08. The lowest BCUT2D eigenvalue weighted by Gasteiger charge is -2.18. The molecule has 5 N–H and O–H groups in total. The van der Waals surface area contributed by atoms with E-state index in [1.807, 2.05) is 0 Å². The molecule has 12 nitrogen and oxygen atoms in total. The number of oxazole rings is 1. The van der Waals surface area contributed by atoms with Crippen LogP contribution in [-0.2, 0) is 16.6 Å². The summed E-state index contributed by atoms with van der Waals surface area (Å²) in [4.78, 5) is 25.0. The lowest BCUT2D eigenvalue weighted by molar-refractivity contribution is 0.0698. The summed E-state index contributed by atoms with van der Waals surface area (Å²) in [6, 6.07) is 11.4. The molecule has 0 aliphatic carbocycles. The number of rotatable bonds is 12. The van der Waals surface area contributed by atoms with Crippen molar-refractivity contribution in [2.24, 2.45) is 0 Å². The SMILES string of the molecule is Cc1nc(NCCNS(C)(=O)=O)c(NCc2ncc(-c3cc(Cl)ccc3Cl)o2)c(Nc2ccccc2C(=O)O)n1.